The fraction of sp³-hybridized carbons (Fsp3) is 0. The van der Waals surface area contributed by atoms with E-state index in [1.807, 2.05) is 30.5 Å². The zero-order valence-corrected chi connectivity index (χ0v) is 20.5. The molecule has 4 aromatic heterocycles. The molecule has 178 valence electrons. The van der Waals surface area contributed by atoms with Crippen molar-refractivity contribution in [3.05, 3.63) is 134 Å². The molecule has 38 heavy (non-hydrogen) atoms. The molecular weight excluding hydrogens is 464 g/mol. The molecule has 4 heteroatoms. The summed E-state index contributed by atoms with van der Waals surface area (Å²) < 4.78 is 0. The van der Waals surface area contributed by atoms with E-state index in [0.29, 0.717) is 0 Å². The Morgan fingerprint density at radius 3 is 1.66 bits per heavy atom. The van der Waals surface area contributed by atoms with Gasteiger partial charge in [-0.2, -0.15) is 0 Å². The highest BCUT2D eigenvalue weighted by Gasteiger charge is 2.10. The largest absolute Gasteiger partial charge is 0.265 e. The molecule has 0 saturated carbocycles. The van der Waals surface area contributed by atoms with Crippen LogP contribution in [-0.4, -0.2) is 19.9 Å². The molecule has 0 atom stereocenters. The summed E-state index contributed by atoms with van der Waals surface area (Å²) in [5.41, 5.74) is 9.43. The van der Waals surface area contributed by atoms with Gasteiger partial charge in [-0.05, 0) is 70.1 Å². The molecular formula is C34H22N4. The average molecular weight is 487 g/mol. The van der Waals surface area contributed by atoms with Gasteiger partial charge in [-0.25, -0.2) is 4.98 Å². The van der Waals surface area contributed by atoms with Gasteiger partial charge in [-0.15, -0.1) is 0 Å². The third kappa shape index (κ3) is 4.08. The van der Waals surface area contributed by atoms with E-state index in [1.54, 1.807) is 24.8 Å². The first-order valence-electron chi connectivity index (χ1n) is 12.5. The summed E-state index contributed by atoms with van der Waals surface area (Å²) >= 11 is 0. The van der Waals surface area contributed by atoms with Crippen LogP contribution in [0.15, 0.2) is 134 Å². The smallest absolute Gasteiger partial charge is 0.0716 e. The zero-order valence-electron chi connectivity index (χ0n) is 20.5. The first kappa shape index (κ1) is 22.0. The Labute approximate surface area is 220 Å². The molecule has 0 aliphatic carbocycles. The van der Waals surface area contributed by atoms with Gasteiger partial charge in [0.1, 0.15) is 0 Å². The van der Waals surface area contributed by atoms with Crippen LogP contribution >= 0.6 is 0 Å². The molecule has 0 unspecified atom stereocenters. The van der Waals surface area contributed by atoms with Crippen molar-refractivity contribution < 1.29 is 0 Å². The predicted octanol–water partition coefficient (Wildman–Crippen LogP) is 8.24. The maximum atomic E-state index is 4.95. The Balaban J connectivity index is 1.28. The normalized spacial score (nSPS) is 11.2. The van der Waals surface area contributed by atoms with Gasteiger partial charge in [-0.3, -0.25) is 15.0 Å². The van der Waals surface area contributed by atoms with E-state index in [2.05, 4.69) is 88.8 Å². The summed E-state index contributed by atoms with van der Waals surface area (Å²) in [5.74, 6) is 0. The molecule has 0 amide bonds. The molecule has 0 N–H and O–H groups in total. The summed E-state index contributed by atoms with van der Waals surface area (Å²) in [6, 6.07) is 35.9. The number of fused-ring (bicyclic) bond motifs is 3. The predicted molar refractivity (Wildman–Crippen MR) is 154 cm³/mol. The zero-order chi connectivity index (χ0) is 25.3. The van der Waals surface area contributed by atoms with Gasteiger partial charge in [0, 0.05) is 52.9 Å². The highest BCUT2D eigenvalue weighted by molar-refractivity contribution is 6.06. The molecule has 0 aliphatic heterocycles. The Morgan fingerprint density at radius 1 is 0.421 bits per heavy atom. The molecule has 0 saturated heterocycles. The van der Waals surface area contributed by atoms with E-state index in [0.717, 1.165) is 55.7 Å². The van der Waals surface area contributed by atoms with E-state index < -0.39 is 0 Å². The molecule has 0 bridgehead atoms. The van der Waals surface area contributed by atoms with Gasteiger partial charge in [0.05, 0.1) is 16.9 Å². The lowest BCUT2D eigenvalue weighted by Gasteiger charge is -2.11. The van der Waals surface area contributed by atoms with E-state index in [9.17, 15) is 0 Å². The van der Waals surface area contributed by atoms with Gasteiger partial charge in [0.25, 0.3) is 0 Å². The third-order valence-electron chi connectivity index (χ3n) is 6.92. The Hall–Kier alpha value is -5.22. The monoisotopic (exact) mass is 486 g/mol. The Kier molecular flexibility index (Phi) is 5.41. The molecule has 0 radical (unpaired) electrons. The van der Waals surface area contributed by atoms with Crippen LogP contribution in [0.25, 0.3) is 66.4 Å². The van der Waals surface area contributed by atoms with E-state index in [1.165, 1.54) is 10.8 Å². The lowest BCUT2D eigenvalue weighted by atomic mass is 9.97. The van der Waals surface area contributed by atoms with E-state index in [4.69, 9.17) is 9.97 Å². The summed E-state index contributed by atoms with van der Waals surface area (Å²) in [6.45, 7) is 0. The van der Waals surface area contributed by atoms with Crippen molar-refractivity contribution in [1.29, 1.82) is 0 Å². The van der Waals surface area contributed by atoms with Crippen LogP contribution in [0.1, 0.15) is 0 Å². The summed E-state index contributed by atoms with van der Waals surface area (Å²) in [6.07, 6.45) is 9.14. The Morgan fingerprint density at radius 2 is 1.00 bits per heavy atom. The number of hydrogen-bond acceptors (Lipinski definition) is 4. The van der Waals surface area contributed by atoms with Crippen LogP contribution in [0.5, 0.6) is 0 Å². The molecule has 7 aromatic rings. The SMILES string of the molecule is c1ccc2c(c1)cnc1cc(-c3ccc(-c4cc(-c5ccncc5)nc(-c5ccncc5)c4)cc3)ccc12. The number of pyridine rings is 4. The summed E-state index contributed by atoms with van der Waals surface area (Å²) in [5, 5.41) is 3.56. The number of benzene rings is 3. The minimum Gasteiger partial charge on any atom is -0.265 e. The minimum atomic E-state index is 0.911. The molecule has 4 heterocycles. The van der Waals surface area contributed by atoms with Crippen molar-refractivity contribution in [3.8, 4) is 44.8 Å². The van der Waals surface area contributed by atoms with Gasteiger partial charge in [0.15, 0.2) is 0 Å². The highest BCUT2D eigenvalue weighted by Crippen LogP contribution is 2.32. The van der Waals surface area contributed by atoms with Gasteiger partial charge < -0.3 is 0 Å². The average Bonchev–Trinajstić information content (AvgIpc) is 3.01. The van der Waals surface area contributed by atoms with E-state index >= 15 is 0 Å². The van der Waals surface area contributed by atoms with Crippen LogP contribution in [-0.2, 0) is 0 Å². The fourth-order valence-corrected chi connectivity index (χ4v) is 4.93. The number of nitrogens with zero attached hydrogens (tertiary/aromatic N) is 4. The second kappa shape index (κ2) is 9.34. The van der Waals surface area contributed by atoms with Crippen LogP contribution in [0.4, 0.5) is 0 Å². The van der Waals surface area contributed by atoms with Crippen molar-refractivity contribution in [2.75, 3.05) is 0 Å². The van der Waals surface area contributed by atoms with Gasteiger partial charge >= 0.3 is 0 Å². The van der Waals surface area contributed by atoms with E-state index in [-0.39, 0.29) is 0 Å². The molecule has 7 rings (SSSR count). The lowest BCUT2D eigenvalue weighted by molar-refractivity contribution is 1.27. The fourth-order valence-electron chi connectivity index (χ4n) is 4.93. The summed E-state index contributed by atoms with van der Waals surface area (Å²) in [4.78, 5) is 18.0. The quantitative estimate of drug-likeness (QED) is 0.235. The lowest BCUT2D eigenvalue weighted by Crippen LogP contribution is -1.91. The molecule has 0 aliphatic rings. The van der Waals surface area contributed by atoms with Crippen molar-refractivity contribution in [2.45, 2.75) is 0 Å². The van der Waals surface area contributed by atoms with Crippen molar-refractivity contribution in [2.24, 2.45) is 0 Å². The number of aromatic nitrogens is 4. The van der Waals surface area contributed by atoms with Gasteiger partial charge in [-0.1, -0.05) is 60.7 Å². The first-order valence-corrected chi connectivity index (χ1v) is 12.5. The van der Waals surface area contributed by atoms with Crippen molar-refractivity contribution in [1.82, 2.24) is 19.9 Å². The topological polar surface area (TPSA) is 51.6 Å². The maximum absolute atomic E-state index is 4.95. The molecule has 0 fully saturated rings. The number of hydrogen-bond donors (Lipinski definition) is 0. The van der Waals surface area contributed by atoms with Crippen LogP contribution < -0.4 is 0 Å². The second-order valence-electron chi connectivity index (χ2n) is 9.25. The maximum Gasteiger partial charge on any atom is 0.0716 e. The summed E-state index contributed by atoms with van der Waals surface area (Å²) in [7, 11) is 0. The Bertz CT molecular complexity index is 1840. The van der Waals surface area contributed by atoms with Crippen LogP contribution in [0.3, 0.4) is 0 Å². The van der Waals surface area contributed by atoms with Crippen molar-refractivity contribution in [3.63, 3.8) is 0 Å². The number of rotatable bonds is 4. The van der Waals surface area contributed by atoms with Crippen LogP contribution in [0.2, 0.25) is 0 Å². The highest BCUT2D eigenvalue weighted by atomic mass is 14.7. The van der Waals surface area contributed by atoms with Gasteiger partial charge in [0.2, 0.25) is 0 Å². The van der Waals surface area contributed by atoms with Crippen molar-refractivity contribution >= 4 is 21.7 Å². The van der Waals surface area contributed by atoms with Crippen LogP contribution in [0, 0.1) is 0 Å². The molecule has 4 nitrogen and oxygen atoms in total. The molecule has 0 spiro atoms. The molecule has 3 aromatic carbocycles. The minimum absolute atomic E-state index is 0.911. The second-order valence-corrected chi connectivity index (χ2v) is 9.25. The standard InChI is InChI=1S/C34H22N4/c1-2-4-30-28(3-1)22-37-34-19-27(9-10-31(30)34)23-5-7-24(8-6-23)29-20-32(25-11-15-35-16-12-25)38-33(21-29)26-13-17-36-18-14-26/h1-22H. The first-order chi connectivity index (χ1) is 18.8. The third-order valence-corrected chi connectivity index (χ3v) is 6.92.